The summed E-state index contributed by atoms with van der Waals surface area (Å²) in [7, 11) is 0. The first-order valence-electron chi connectivity index (χ1n) is 9.60. The minimum atomic E-state index is 0.444. The fourth-order valence-electron chi connectivity index (χ4n) is 3.95. The molecule has 0 radical (unpaired) electrons. The van der Waals surface area contributed by atoms with Crippen LogP contribution >= 0.6 is 0 Å². The number of hydrogen-bond donors (Lipinski definition) is 1. The molecule has 1 aliphatic heterocycles. The number of nitrogen functional groups attached to an aromatic ring is 1. The minimum Gasteiger partial charge on any atom is -0.384 e. The van der Waals surface area contributed by atoms with Gasteiger partial charge in [-0.3, -0.25) is 4.57 Å². The van der Waals surface area contributed by atoms with Crippen molar-refractivity contribution < 1.29 is 4.74 Å². The van der Waals surface area contributed by atoms with E-state index in [9.17, 15) is 0 Å². The van der Waals surface area contributed by atoms with E-state index in [4.69, 9.17) is 10.5 Å². The van der Waals surface area contributed by atoms with Crippen LogP contribution in [-0.4, -0.2) is 19.7 Å². The van der Waals surface area contributed by atoms with E-state index in [1.807, 2.05) is 31.3 Å². The van der Waals surface area contributed by atoms with Crippen molar-refractivity contribution in [1.82, 2.24) is 19.7 Å². The molecule has 0 saturated heterocycles. The third kappa shape index (κ3) is 3.17. The van der Waals surface area contributed by atoms with Crippen LogP contribution in [-0.2, 0) is 24.4 Å². The van der Waals surface area contributed by atoms with Gasteiger partial charge in [-0.1, -0.05) is 36.4 Å². The van der Waals surface area contributed by atoms with Gasteiger partial charge in [-0.25, -0.2) is 4.98 Å². The fourth-order valence-corrected chi connectivity index (χ4v) is 3.95. The molecule has 0 amide bonds. The largest absolute Gasteiger partial charge is 0.384 e. The highest BCUT2D eigenvalue weighted by atomic mass is 16.5. The normalized spacial score (nSPS) is 12.9. The third-order valence-electron chi connectivity index (χ3n) is 5.34. The van der Waals surface area contributed by atoms with E-state index < -0.39 is 0 Å². The summed E-state index contributed by atoms with van der Waals surface area (Å²) in [6.45, 7) is 2.94. The average Bonchev–Trinajstić information content (AvgIpc) is 2.99. The molecule has 3 heterocycles. The van der Waals surface area contributed by atoms with Crippen LogP contribution in [0.2, 0.25) is 0 Å². The van der Waals surface area contributed by atoms with Crippen LogP contribution < -0.4 is 5.73 Å². The number of nitrogens with two attached hydrogens (primary N) is 1. The topological polar surface area (TPSA) is 78.9 Å². The van der Waals surface area contributed by atoms with Gasteiger partial charge < -0.3 is 10.5 Å². The Balaban J connectivity index is 1.74. The summed E-state index contributed by atoms with van der Waals surface area (Å²) in [6, 6.07) is 18.6. The van der Waals surface area contributed by atoms with Crippen molar-refractivity contribution in [2.45, 2.75) is 26.6 Å². The van der Waals surface area contributed by atoms with Gasteiger partial charge in [-0.2, -0.15) is 0 Å². The minimum absolute atomic E-state index is 0.444. The SMILES string of the molecule is Cc1nnc2n1-c1ccc(-c3ccc(N)nc3)c(Cc3ccccc3)c1COC2. The maximum atomic E-state index is 5.99. The fraction of sp³-hybridized carbons (Fsp3) is 0.174. The summed E-state index contributed by atoms with van der Waals surface area (Å²) in [5.74, 6) is 2.20. The van der Waals surface area contributed by atoms with E-state index >= 15 is 0 Å². The Hall–Kier alpha value is -3.51. The highest BCUT2D eigenvalue weighted by Gasteiger charge is 2.23. The second-order valence-electron chi connectivity index (χ2n) is 7.22. The number of anilines is 1. The predicted octanol–water partition coefficient (Wildman–Crippen LogP) is 3.84. The number of nitrogens with zero attached hydrogens (tertiary/aromatic N) is 4. The van der Waals surface area contributed by atoms with Gasteiger partial charge in [-0.05, 0) is 48.2 Å². The number of benzene rings is 2. The number of fused-ring (bicyclic) bond motifs is 3. The smallest absolute Gasteiger partial charge is 0.163 e. The quantitative estimate of drug-likeness (QED) is 0.581. The van der Waals surface area contributed by atoms with Gasteiger partial charge in [0.15, 0.2) is 5.82 Å². The number of ether oxygens (including phenoxy) is 1. The van der Waals surface area contributed by atoms with E-state index in [0.29, 0.717) is 19.0 Å². The highest BCUT2D eigenvalue weighted by Crippen LogP contribution is 2.35. The summed E-state index contributed by atoms with van der Waals surface area (Å²) in [5.41, 5.74) is 12.7. The molecular weight excluding hydrogens is 362 g/mol. The summed E-state index contributed by atoms with van der Waals surface area (Å²) in [6.07, 6.45) is 2.63. The summed E-state index contributed by atoms with van der Waals surface area (Å²) < 4.78 is 8.09. The maximum Gasteiger partial charge on any atom is 0.163 e. The van der Waals surface area contributed by atoms with Crippen molar-refractivity contribution in [3.63, 3.8) is 0 Å². The van der Waals surface area contributed by atoms with Crippen LogP contribution in [0.4, 0.5) is 5.82 Å². The highest BCUT2D eigenvalue weighted by molar-refractivity contribution is 5.72. The van der Waals surface area contributed by atoms with Gasteiger partial charge in [0.2, 0.25) is 0 Å². The van der Waals surface area contributed by atoms with Crippen molar-refractivity contribution in [3.8, 4) is 16.8 Å². The second kappa shape index (κ2) is 7.14. The van der Waals surface area contributed by atoms with Crippen LogP contribution in [0.5, 0.6) is 0 Å². The zero-order valence-electron chi connectivity index (χ0n) is 16.2. The van der Waals surface area contributed by atoms with E-state index in [2.05, 4.69) is 56.1 Å². The first kappa shape index (κ1) is 17.6. The molecule has 0 fully saturated rings. The molecule has 2 N–H and O–H groups in total. The average molecular weight is 383 g/mol. The maximum absolute atomic E-state index is 5.99. The standard InChI is InChI=1S/C23H21N5O/c1-15-26-27-23-14-29-13-20-19(11-16-5-3-2-4-6-16)18(8-9-21(20)28(15)23)17-7-10-22(24)25-12-17/h2-10,12H,11,13-14H2,1H3,(H2,24,25). The third-order valence-corrected chi connectivity index (χ3v) is 5.34. The molecule has 2 aromatic carbocycles. The van der Waals surface area contributed by atoms with Crippen LogP contribution in [0, 0.1) is 6.92 Å². The molecule has 4 aromatic rings. The van der Waals surface area contributed by atoms with Crippen molar-refractivity contribution >= 4 is 5.82 Å². The Morgan fingerprint density at radius 1 is 1.00 bits per heavy atom. The van der Waals surface area contributed by atoms with Gasteiger partial charge in [-0.15, -0.1) is 10.2 Å². The summed E-state index contributed by atoms with van der Waals surface area (Å²) in [4.78, 5) is 4.30. The van der Waals surface area contributed by atoms with Gasteiger partial charge in [0.1, 0.15) is 18.2 Å². The first-order chi connectivity index (χ1) is 14.2. The van der Waals surface area contributed by atoms with Crippen LogP contribution in [0.15, 0.2) is 60.8 Å². The molecule has 0 spiro atoms. The molecule has 5 rings (SSSR count). The lowest BCUT2D eigenvalue weighted by atomic mass is 9.90. The Morgan fingerprint density at radius 2 is 1.86 bits per heavy atom. The molecular formula is C23H21N5O. The van der Waals surface area contributed by atoms with Crippen LogP contribution in [0.1, 0.15) is 28.3 Å². The Kier molecular flexibility index (Phi) is 4.33. The monoisotopic (exact) mass is 383 g/mol. The molecule has 0 aliphatic carbocycles. The molecule has 0 unspecified atom stereocenters. The molecule has 6 heteroatoms. The summed E-state index contributed by atoms with van der Waals surface area (Å²) >= 11 is 0. The predicted molar refractivity (Wildman–Crippen MR) is 111 cm³/mol. The molecule has 29 heavy (non-hydrogen) atoms. The van der Waals surface area contributed by atoms with E-state index in [1.54, 1.807) is 0 Å². The zero-order chi connectivity index (χ0) is 19.8. The van der Waals surface area contributed by atoms with Crippen molar-refractivity contribution in [3.05, 3.63) is 89.1 Å². The summed E-state index contributed by atoms with van der Waals surface area (Å²) in [5, 5.41) is 8.54. The zero-order valence-corrected chi connectivity index (χ0v) is 16.2. The lowest BCUT2D eigenvalue weighted by Gasteiger charge is -2.19. The van der Waals surface area contributed by atoms with Crippen molar-refractivity contribution in [2.24, 2.45) is 0 Å². The number of aryl methyl sites for hydroxylation is 1. The van der Waals surface area contributed by atoms with E-state index in [1.165, 1.54) is 11.1 Å². The molecule has 0 saturated carbocycles. The first-order valence-corrected chi connectivity index (χ1v) is 9.60. The number of hydrogen-bond acceptors (Lipinski definition) is 5. The second-order valence-corrected chi connectivity index (χ2v) is 7.22. The molecule has 0 atom stereocenters. The van der Waals surface area contributed by atoms with Gasteiger partial charge >= 0.3 is 0 Å². The molecule has 0 bridgehead atoms. The number of rotatable bonds is 3. The molecule has 144 valence electrons. The Morgan fingerprint density at radius 3 is 2.66 bits per heavy atom. The van der Waals surface area contributed by atoms with Gasteiger partial charge in [0.25, 0.3) is 0 Å². The van der Waals surface area contributed by atoms with Crippen LogP contribution in [0.25, 0.3) is 16.8 Å². The Labute approximate surface area is 169 Å². The van der Waals surface area contributed by atoms with Gasteiger partial charge in [0, 0.05) is 17.3 Å². The lowest BCUT2D eigenvalue weighted by Crippen LogP contribution is -2.07. The number of aromatic nitrogens is 4. The molecule has 2 aromatic heterocycles. The Bertz CT molecular complexity index is 1170. The van der Waals surface area contributed by atoms with Crippen LogP contribution in [0.3, 0.4) is 0 Å². The van der Waals surface area contributed by atoms with E-state index in [0.717, 1.165) is 40.4 Å². The van der Waals surface area contributed by atoms with Gasteiger partial charge in [0.05, 0.1) is 12.3 Å². The molecule has 1 aliphatic rings. The van der Waals surface area contributed by atoms with E-state index in [-0.39, 0.29) is 0 Å². The van der Waals surface area contributed by atoms with Crippen molar-refractivity contribution in [2.75, 3.05) is 5.73 Å². The molecule has 6 nitrogen and oxygen atoms in total. The van der Waals surface area contributed by atoms with Crippen molar-refractivity contribution in [1.29, 1.82) is 0 Å². The lowest BCUT2D eigenvalue weighted by molar-refractivity contribution is 0.104. The number of pyridine rings is 1.